The van der Waals surface area contributed by atoms with Gasteiger partial charge in [0.05, 0.1) is 4.90 Å². The fourth-order valence-electron chi connectivity index (χ4n) is 0.885. The Morgan fingerprint density at radius 3 is 2.12 bits per heavy atom. The second kappa shape index (κ2) is 6.55. The Morgan fingerprint density at radius 2 is 1.75 bits per heavy atom. The van der Waals surface area contributed by atoms with E-state index in [0.717, 1.165) is 12.1 Å². The number of hydrogen-bond acceptors (Lipinski definition) is 5. The van der Waals surface area contributed by atoms with E-state index in [1.165, 1.54) is 12.1 Å². The van der Waals surface area contributed by atoms with Crippen molar-refractivity contribution in [3.05, 3.63) is 24.3 Å². The quantitative estimate of drug-likeness (QED) is 0.362. The molecule has 0 aliphatic rings. The summed E-state index contributed by atoms with van der Waals surface area (Å²) in [4.78, 5) is -0.270. The Kier molecular flexibility index (Phi) is 6.49. The van der Waals surface area contributed by atoms with Crippen molar-refractivity contribution in [2.45, 2.75) is 11.2 Å². The van der Waals surface area contributed by atoms with Crippen LogP contribution < -0.4 is 4.74 Å². The summed E-state index contributed by atoms with van der Waals surface area (Å²) >= 11 is 0. The number of ether oxygens (including phenoxy) is 1. The van der Waals surface area contributed by atoms with Gasteiger partial charge in [-0.3, -0.25) is 4.55 Å². The van der Waals surface area contributed by atoms with Crippen LogP contribution in [0.5, 0.6) is 5.75 Å². The van der Waals surface area contributed by atoms with Crippen molar-refractivity contribution in [3.8, 4) is 5.75 Å². The SMILES string of the molecule is O=S(=O)(O)c1ccc(OC(O)CO)cc1.[NaH]. The third-order valence-electron chi connectivity index (χ3n) is 1.55. The molecule has 0 saturated heterocycles. The fraction of sp³-hybridized carbons (Fsp3) is 0.250. The van der Waals surface area contributed by atoms with Crippen molar-refractivity contribution in [2.24, 2.45) is 0 Å². The minimum absolute atomic E-state index is 0. The minimum atomic E-state index is -4.22. The van der Waals surface area contributed by atoms with Crippen molar-refractivity contribution in [2.75, 3.05) is 6.61 Å². The third-order valence-corrected chi connectivity index (χ3v) is 2.42. The summed E-state index contributed by atoms with van der Waals surface area (Å²) in [5.74, 6) is 0.184. The molecule has 16 heavy (non-hydrogen) atoms. The zero-order chi connectivity index (χ0) is 11.5. The molecule has 0 bridgehead atoms. The Morgan fingerprint density at radius 1 is 1.25 bits per heavy atom. The first-order valence-corrected chi connectivity index (χ1v) is 5.40. The Labute approximate surface area is 115 Å². The van der Waals surface area contributed by atoms with Gasteiger partial charge < -0.3 is 14.9 Å². The first-order chi connectivity index (χ1) is 6.93. The van der Waals surface area contributed by atoms with Crippen LogP contribution in [0.15, 0.2) is 29.2 Å². The van der Waals surface area contributed by atoms with E-state index in [0.29, 0.717) is 0 Å². The van der Waals surface area contributed by atoms with Crippen molar-refractivity contribution in [1.29, 1.82) is 0 Å². The molecule has 0 spiro atoms. The van der Waals surface area contributed by atoms with Gasteiger partial charge in [0.25, 0.3) is 10.1 Å². The molecule has 0 aliphatic heterocycles. The molecule has 8 heteroatoms. The van der Waals surface area contributed by atoms with E-state index in [9.17, 15) is 8.42 Å². The summed E-state index contributed by atoms with van der Waals surface area (Å²) in [6, 6.07) is 4.74. The number of hydrogen-bond donors (Lipinski definition) is 3. The van der Waals surface area contributed by atoms with E-state index in [-0.39, 0.29) is 40.2 Å². The van der Waals surface area contributed by atoms with Crippen LogP contribution in [-0.2, 0) is 10.1 Å². The van der Waals surface area contributed by atoms with Crippen LogP contribution >= 0.6 is 0 Å². The number of aliphatic hydroxyl groups is 2. The van der Waals surface area contributed by atoms with E-state index in [4.69, 9.17) is 19.5 Å². The topological polar surface area (TPSA) is 104 Å². The molecular formula is C8H11NaO6S. The van der Waals surface area contributed by atoms with Crippen molar-refractivity contribution >= 4 is 39.7 Å². The zero-order valence-corrected chi connectivity index (χ0v) is 8.38. The molecule has 1 rings (SSSR count). The van der Waals surface area contributed by atoms with E-state index in [2.05, 4.69) is 0 Å². The maximum atomic E-state index is 10.6. The van der Waals surface area contributed by atoms with Crippen LogP contribution in [0.3, 0.4) is 0 Å². The molecule has 0 aliphatic carbocycles. The van der Waals surface area contributed by atoms with Gasteiger partial charge in [-0.1, -0.05) is 0 Å². The van der Waals surface area contributed by atoms with E-state index >= 15 is 0 Å². The van der Waals surface area contributed by atoms with Gasteiger partial charge in [-0.05, 0) is 24.3 Å². The second-order valence-corrected chi connectivity index (χ2v) is 4.12. The second-order valence-electron chi connectivity index (χ2n) is 2.70. The van der Waals surface area contributed by atoms with E-state index < -0.39 is 23.0 Å². The zero-order valence-electron chi connectivity index (χ0n) is 7.57. The van der Waals surface area contributed by atoms with Gasteiger partial charge in [0.1, 0.15) is 12.4 Å². The fourth-order valence-corrected chi connectivity index (χ4v) is 1.36. The van der Waals surface area contributed by atoms with Gasteiger partial charge >= 0.3 is 29.6 Å². The number of benzene rings is 1. The first kappa shape index (κ1) is 15.9. The average molecular weight is 258 g/mol. The predicted octanol–water partition coefficient (Wildman–Crippen LogP) is -1.03. The van der Waals surface area contributed by atoms with E-state index in [1.54, 1.807) is 0 Å². The molecular weight excluding hydrogens is 247 g/mol. The van der Waals surface area contributed by atoms with Gasteiger partial charge in [-0.2, -0.15) is 8.42 Å². The summed E-state index contributed by atoms with van der Waals surface area (Å²) in [6.45, 7) is -0.569. The van der Waals surface area contributed by atoms with Gasteiger partial charge in [0.15, 0.2) is 0 Å². The Bertz CT molecular complexity index is 415. The molecule has 1 unspecified atom stereocenters. The van der Waals surface area contributed by atoms with Gasteiger partial charge in [-0.15, -0.1) is 0 Å². The van der Waals surface area contributed by atoms with Crippen LogP contribution in [0, 0.1) is 0 Å². The van der Waals surface area contributed by atoms with Crippen LogP contribution in [-0.4, -0.2) is 65.6 Å². The molecule has 1 atom stereocenters. The molecule has 0 saturated carbocycles. The Balaban J connectivity index is 0.00000225. The maximum absolute atomic E-state index is 10.6. The molecule has 0 heterocycles. The standard InChI is InChI=1S/C8H10O6S.Na.H/c9-5-8(10)14-6-1-3-7(4-2-6)15(11,12)13;;/h1-4,8-10H,5H2,(H,11,12,13);;. The van der Waals surface area contributed by atoms with Gasteiger partial charge in [0, 0.05) is 0 Å². The summed E-state index contributed by atoms with van der Waals surface area (Å²) in [6.07, 6.45) is -1.36. The molecule has 0 amide bonds. The van der Waals surface area contributed by atoms with Crippen LogP contribution in [0.25, 0.3) is 0 Å². The van der Waals surface area contributed by atoms with Crippen LogP contribution in [0.4, 0.5) is 0 Å². The van der Waals surface area contributed by atoms with Crippen molar-refractivity contribution < 1.29 is 27.9 Å². The summed E-state index contributed by atoms with van der Waals surface area (Å²) < 4.78 is 34.7. The molecule has 86 valence electrons. The Hall–Kier alpha value is -0.150. The van der Waals surface area contributed by atoms with E-state index in [1.807, 2.05) is 0 Å². The third kappa shape index (κ3) is 4.79. The molecule has 1 aromatic rings. The number of rotatable bonds is 4. The molecule has 1 aromatic carbocycles. The van der Waals surface area contributed by atoms with Crippen molar-refractivity contribution in [3.63, 3.8) is 0 Å². The molecule has 0 fully saturated rings. The molecule has 0 radical (unpaired) electrons. The monoisotopic (exact) mass is 258 g/mol. The van der Waals surface area contributed by atoms with Crippen LogP contribution in [0.1, 0.15) is 0 Å². The molecule has 0 aromatic heterocycles. The van der Waals surface area contributed by atoms with Crippen molar-refractivity contribution in [1.82, 2.24) is 0 Å². The summed E-state index contributed by atoms with van der Waals surface area (Å²) in [5.41, 5.74) is 0. The van der Waals surface area contributed by atoms with Crippen LogP contribution in [0.2, 0.25) is 0 Å². The normalized spacial score (nSPS) is 12.7. The predicted molar refractivity (Wildman–Crippen MR) is 57.1 cm³/mol. The molecule has 6 nitrogen and oxygen atoms in total. The summed E-state index contributed by atoms with van der Waals surface area (Å²) in [5, 5.41) is 17.4. The first-order valence-electron chi connectivity index (χ1n) is 3.96. The van der Waals surface area contributed by atoms with Gasteiger partial charge in [-0.25, -0.2) is 0 Å². The van der Waals surface area contributed by atoms with Gasteiger partial charge in [0.2, 0.25) is 6.29 Å². The molecule has 3 N–H and O–H groups in total. The average Bonchev–Trinajstić information content (AvgIpc) is 2.17. The summed E-state index contributed by atoms with van der Waals surface area (Å²) in [7, 11) is -4.22. The number of aliphatic hydroxyl groups excluding tert-OH is 2.